The first kappa shape index (κ1) is 13.4. The minimum atomic E-state index is -0.610. The van der Waals surface area contributed by atoms with Crippen LogP contribution in [0.3, 0.4) is 0 Å². The molecule has 0 saturated heterocycles. The summed E-state index contributed by atoms with van der Waals surface area (Å²) >= 11 is 0. The molecule has 0 radical (unpaired) electrons. The fourth-order valence-corrected chi connectivity index (χ4v) is 2.23. The van der Waals surface area contributed by atoms with Crippen LogP contribution in [0.25, 0.3) is 0 Å². The van der Waals surface area contributed by atoms with E-state index in [4.69, 9.17) is 9.47 Å². The molecule has 2 heterocycles. The maximum absolute atomic E-state index is 12.4. The first-order valence-electron chi connectivity index (χ1n) is 6.76. The minimum Gasteiger partial charge on any atom is -0.485 e. The van der Waals surface area contributed by atoms with E-state index in [0.717, 1.165) is 5.56 Å². The molecule has 0 N–H and O–H groups in total. The van der Waals surface area contributed by atoms with Gasteiger partial charge in [0.25, 0.3) is 5.91 Å². The molecule has 1 aliphatic rings. The molecule has 21 heavy (non-hydrogen) atoms. The molecule has 5 nitrogen and oxygen atoms in total. The molecule has 0 fully saturated rings. The zero-order valence-corrected chi connectivity index (χ0v) is 11.7. The second kappa shape index (κ2) is 5.83. The summed E-state index contributed by atoms with van der Waals surface area (Å²) < 4.78 is 11.3. The zero-order chi connectivity index (χ0) is 14.7. The van der Waals surface area contributed by atoms with Crippen molar-refractivity contribution in [3.63, 3.8) is 0 Å². The molecule has 0 saturated carbocycles. The molecule has 0 spiro atoms. The van der Waals surface area contributed by atoms with E-state index in [1.807, 2.05) is 30.3 Å². The number of hydrogen-bond donors (Lipinski definition) is 0. The number of likely N-dealkylation sites (N-methyl/N-ethyl adjacent to an activating group) is 1. The summed E-state index contributed by atoms with van der Waals surface area (Å²) in [6, 6.07) is 11.1. The average molecular weight is 284 g/mol. The lowest BCUT2D eigenvalue weighted by Crippen LogP contribution is -2.44. The third-order valence-corrected chi connectivity index (χ3v) is 3.30. The Morgan fingerprint density at radius 3 is 2.86 bits per heavy atom. The Balaban J connectivity index is 1.66. The number of carbonyl (C=O) groups excluding carboxylic acids is 1. The third-order valence-electron chi connectivity index (χ3n) is 3.30. The van der Waals surface area contributed by atoms with Crippen LogP contribution in [0.2, 0.25) is 0 Å². The Morgan fingerprint density at radius 1 is 1.29 bits per heavy atom. The molecule has 1 aromatic heterocycles. The number of fused-ring (bicyclic) bond motifs is 1. The normalized spacial score (nSPS) is 16.3. The van der Waals surface area contributed by atoms with Gasteiger partial charge in [-0.3, -0.25) is 9.78 Å². The number of carbonyl (C=O) groups is 1. The van der Waals surface area contributed by atoms with Crippen LogP contribution in [-0.2, 0) is 11.3 Å². The number of benzene rings is 1. The quantitative estimate of drug-likeness (QED) is 0.863. The van der Waals surface area contributed by atoms with E-state index in [9.17, 15) is 4.79 Å². The van der Waals surface area contributed by atoms with Crippen molar-refractivity contribution in [3.05, 3.63) is 54.4 Å². The number of ether oxygens (including phenoxy) is 2. The Hall–Kier alpha value is -2.56. The van der Waals surface area contributed by atoms with Crippen molar-refractivity contribution < 1.29 is 14.3 Å². The van der Waals surface area contributed by atoms with Crippen LogP contribution >= 0.6 is 0 Å². The Bertz CT molecular complexity index is 630. The predicted octanol–water partition coefficient (Wildman–Crippen LogP) is 1.88. The first-order chi connectivity index (χ1) is 10.2. The van der Waals surface area contributed by atoms with Crippen molar-refractivity contribution in [3.8, 4) is 11.5 Å². The van der Waals surface area contributed by atoms with E-state index in [1.54, 1.807) is 30.4 Å². The van der Waals surface area contributed by atoms with Crippen LogP contribution in [-0.4, -0.2) is 35.5 Å². The fourth-order valence-electron chi connectivity index (χ4n) is 2.23. The topological polar surface area (TPSA) is 51.7 Å². The molecule has 5 heteroatoms. The van der Waals surface area contributed by atoms with Gasteiger partial charge in [0.1, 0.15) is 6.61 Å². The van der Waals surface area contributed by atoms with Gasteiger partial charge in [0.2, 0.25) is 6.10 Å². The van der Waals surface area contributed by atoms with E-state index < -0.39 is 6.10 Å². The highest BCUT2D eigenvalue weighted by Crippen LogP contribution is 2.31. The molecule has 0 aliphatic carbocycles. The molecule has 3 rings (SSSR count). The maximum Gasteiger partial charge on any atom is 0.267 e. The van der Waals surface area contributed by atoms with Gasteiger partial charge in [-0.2, -0.15) is 0 Å². The van der Waals surface area contributed by atoms with Crippen molar-refractivity contribution in [1.82, 2.24) is 9.88 Å². The molecule has 0 bridgehead atoms. The maximum atomic E-state index is 12.4. The summed E-state index contributed by atoms with van der Waals surface area (Å²) in [7, 11) is 1.75. The number of amides is 1. The summed E-state index contributed by atoms with van der Waals surface area (Å²) in [5, 5.41) is 0. The lowest BCUT2D eigenvalue weighted by molar-refractivity contribution is -0.140. The van der Waals surface area contributed by atoms with Gasteiger partial charge < -0.3 is 14.4 Å². The number of aromatic nitrogens is 1. The van der Waals surface area contributed by atoms with E-state index in [-0.39, 0.29) is 12.5 Å². The molecular weight excluding hydrogens is 268 g/mol. The summed E-state index contributed by atoms with van der Waals surface area (Å²) in [5.41, 5.74) is 0.977. The van der Waals surface area contributed by atoms with Gasteiger partial charge in [-0.1, -0.05) is 18.2 Å². The van der Waals surface area contributed by atoms with Crippen LogP contribution in [0.4, 0.5) is 0 Å². The van der Waals surface area contributed by atoms with Gasteiger partial charge in [0.05, 0.1) is 0 Å². The van der Waals surface area contributed by atoms with Gasteiger partial charge in [0.15, 0.2) is 11.5 Å². The van der Waals surface area contributed by atoms with Crippen molar-refractivity contribution in [2.45, 2.75) is 12.6 Å². The average Bonchev–Trinajstić information content (AvgIpc) is 2.54. The van der Waals surface area contributed by atoms with E-state index in [2.05, 4.69) is 4.98 Å². The van der Waals surface area contributed by atoms with Crippen molar-refractivity contribution in [2.75, 3.05) is 13.7 Å². The van der Waals surface area contributed by atoms with Gasteiger partial charge >= 0.3 is 0 Å². The SMILES string of the molecule is CN(Cc1cccnc1)C(=O)[C@H]1COc2ccccc2O1. The van der Waals surface area contributed by atoms with E-state index in [1.165, 1.54) is 0 Å². The molecule has 0 unspecified atom stereocenters. The first-order valence-corrected chi connectivity index (χ1v) is 6.76. The van der Waals surface area contributed by atoms with E-state index in [0.29, 0.717) is 18.0 Å². The van der Waals surface area contributed by atoms with Gasteiger partial charge in [0, 0.05) is 26.0 Å². The summed E-state index contributed by atoms with van der Waals surface area (Å²) in [4.78, 5) is 18.1. The van der Waals surface area contributed by atoms with Crippen molar-refractivity contribution in [1.29, 1.82) is 0 Å². The molecule has 1 aliphatic heterocycles. The highest BCUT2D eigenvalue weighted by atomic mass is 16.6. The lowest BCUT2D eigenvalue weighted by atomic mass is 10.2. The molecule has 1 amide bonds. The summed E-state index contributed by atoms with van der Waals surface area (Å²) in [6.45, 7) is 0.724. The van der Waals surface area contributed by atoms with Gasteiger partial charge in [-0.15, -0.1) is 0 Å². The Morgan fingerprint density at radius 2 is 2.10 bits per heavy atom. The number of rotatable bonds is 3. The van der Waals surface area contributed by atoms with Crippen LogP contribution in [0, 0.1) is 0 Å². The second-order valence-corrected chi connectivity index (χ2v) is 4.92. The van der Waals surface area contributed by atoms with Crippen LogP contribution in [0.1, 0.15) is 5.56 Å². The van der Waals surface area contributed by atoms with Crippen LogP contribution < -0.4 is 9.47 Å². The molecule has 2 aromatic rings. The van der Waals surface area contributed by atoms with Crippen LogP contribution in [0.5, 0.6) is 11.5 Å². The number of para-hydroxylation sites is 2. The molecule has 1 atom stereocenters. The highest BCUT2D eigenvalue weighted by molar-refractivity contribution is 5.81. The standard InChI is InChI=1S/C16H16N2O3/c1-18(10-12-5-4-8-17-9-12)16(19)15-11-20-13-6-2-3-7-14(13)21-15/h2-9,15H,10-11H2,1H3/t15-/m1/s1. The minimum absolute atomic E-state index is 0.103. The fraction of sp³-hybridized carbons (Fsp3) is 0.250. The summed E-state index contributed by atoms with van der Waals surface area (Å²) in [6.07, 6.45) is 2.85. The molecule has 108 valence electrons. The largest absolute Gasteiger partial charge is 0.485 e. The van der Waals surface area contributed by atoms with Gasteiger partial charge in [-0.05, 0) is 23.8 Å². The van der Waals surface area contributed by atoms with Crippen LogP contribution in [0.15, 0.2) is 48.8 Å². The molecular formula is C16H16N2O3. The predicted molar refractivity (Wildman–Crippen MR) is 77.1 cm³/mol. The zero-order valence-electron chi connectivity index (χ0n) is 11.7. The number of pyridine rings is 1. The Labute approximate surface area is 123 Å². The second-order valence-electron chi connectivity index (χ2n) is 4.92. The number of hydrogen-bond acceptors (Lipinski definition) is 4. The molecule has 1 aromatic carbocycles. The monoisotopic (exact) mass is 284 g/mol. The van der Waals surface area contributed by atoms with Gasteiger partial charge in [-0.25, -0.2) is 0 Å². The number of nitrogens with zero attached hydrogens (tertiary/aromatic N) is 2. The third kappa shape index (κ3) is 2.97. The van der Waals surface area contributed by atoms with Crippen molar-refractivity contribution >= 4 is 5.91 Å². The Kier molecular flexibility index (Phi) is 3.73. The summed E-state index contributed by atoms with van der Waals surface area (Å²) in [5.74, 6) is 1.18. The lowest BCUT2D eigenvalue weighted by Gasteiger charge is -2.28. The smallest absolute Gasteiger partial charge is 0.267 e. The van der Waals surface area contributed by atoms with E-state index >= 15 is 0 Å². The highest BCUT2D eigenvalue weighted by Gasteiger charge is 2.29. The van der Waals surface area contributed by atoms with Crippen molar-refractivity contribution in [2.24, 2.45) is 0 Å².